The first-order valence-corrected chi connectivity index (χ1v) is 5.76. The lowest BCUT2D eigenvalue weighted by Crippen LogP contribution is -2.31. The zero-order chi connectivity index (χ0) is 9.23. The molecule has 0 aliphatic carbocycles. The molecule has 1 N–H and O–H groups in total. The highest BCUT2D eigenvalue weighted by molar-refractivity contribution is 7.99. The van der Waals surface area contributed by atoms with E-state index in [0.29, 0.717) is 6.04 Å². The van der Waals surface area contributed by atoms with Gasteiger partial charge in [-0.25, -0.2) is 0 Å². The first-order chi connectivity index (χ1) is 5.81. The molecule has 0 spiro atoms. The van der Waals surface area contributed by atoms with Gasteiger partial charge < -0.3 is 10.1 Å². The summed E-state index contributed by atoms with van der Waals surface area (Å²) in [7, 11) is 1.74. The van der Waals surface area contributed by atoms with E-state index < -0.39 is 0 Å². The molecule has 12 heavy (non-hydrogen) atoms. The van der Waals surface area contributed by atoms with Gasteiger partial charge in [-0.15, -0.1) is 0 Å². The fourth-order valence-corrected chi connectivity index (χ4v) is 1.61. The fraction of sp³-hybridized carbons (Fsp3) is 1.00. The summed E-state index contributed by atoms with van der Waals surface area (Å²) in [5.74, 6) is 2.50. The summed E-state index contributed by atoms with van der Waals surface area (Å²) in [6.07, 6.45) is 1.26. The number of hydrogen-bond donors (Lipinski definition) is 1. The Hall–Kier alpha value is 0.270. The average Bonchev–Trinajstić information content (AvgIpc) is 2.05. The van der Waals surface area contributed by atoms with Crippen molar-refractivity contribution in [3.8, 4) is 0 Å². The van der Waals surface area contributed by atoms with Crippen LogP contribution in [-0.4, -0.2) is 37.8 Å². The molecule has 1 unspecified atom stereocenters. The van der Waals surface area contributed by atoms with Gasteiger partial charge in [-0.05, 0) is 31.4 Å². The predicted octanol–water partition coefficient (Wildman–Crippen LogP) is 1.75. The van der Waals surface area contributed by atoms with Crippen LogP contribution in [0.4, 0.5) is 0 Å². The molecule has 0 aromatic rings. The summed E-state index contributed by atoms with van der Waals surface area (Å²) in [6, 6.07) is 0.488. The molecule has 0 saturated carbocycles. The van der Waals surface area contributed by atoms with Crippen molar-refractivity contribution in [3.05, 3.63) is 0 Å². The molecule has 0 aromatic carbocycles. The molecular weight excluding hydrogens is 170 g/mol. The summed E-state index contributed by atoms with van der Waals surface area (Å²) < 4.78 is 5.01. The molecule has 0 radical (unpaired) electrons. The van der Waals surface area contributed by atoms with Crippen molar-refractivity contribution in [2.45, 2.75) is 26.3 Å². The molecule has 74 valence electrons. The van der Waals surface area contributed by atoms with Crippen LogP contribution in [0.15, 0.2) is 0 Å². The molecule has 0 aliphatic heterocycles. The lowest BCUT2D eigenvalue weighted by molar-refractivity contribution is 0.172. The molecule has 2 nitrogen and oxygen atoms in total. The predicted molar refractivity (Wildman–Crippen MR) is 57.0 cm³/mol. The number of thioether (sulfide) groups is 1. The van der Waals surface area contributed by atoms with Gasteiger partial charge in [-0.3, -0.25) is 0 Å². The van der Waals surface area contributed by atoms with Gasteiger partial charge in [0.1, 0.15) is 0 Å². The first-order valence-electron chi connectivity index (χ1n) is 4.61. The molecule has 0 fully saturated rings. The molecule has 0 bridgehead atoms. The minimum Gasteiger partial charge on any atom is -0.383 e. The van der Waals surface area contributed by atoms with E-state index >= 15 is 0 Å². The Labute approximate surface area is 80.4 Å². The molecule has 0 heterocycles. The monoisotopic (exact) mass is 191 g/mol. The second-order valence-corrected chi connectivity index (χ2v) is 4.25. The van der Waals surface area contributed by atoms with E-state index in [2.05, 4.69) is 19.2 Å². The standard InChI is InChI=1S/C9H21NOS/c1-4-12-7-5-6-10-9(2)8-11-3/h9-10H,4-8H2,1-3H3. The maximum atomic E-state index is 5.01. The molecule has 1 atom stereocenters. The lowest BCUT2D eigenvalue weighted by Gasteiger charge is -2.11. The second kappa shape index (κ2) is 9.36. The van der Waals surface area contributed by atoms with E-state index in [0.717, 1.165) is 13.2 Å². The summed E-state index contributed by atoms with van der Waals surface area (Å²) in [5.41, 5.74) is 0. The van der Waals surface area contributed by atoms with E-state index in [1.807, 2.05) is 11.8 Å². The van der Waals surface area contributed by atoms with Crippen LogP contribution in [0, 0.1) is 0 Å². The van der Waals surface area contributed by atoms with Crippen LogP contribution in [0.2, 0.25) is 0 Å². The quantitative estimate of drug-likeness (QED) is 0.591. The van der Waals surface area contributed by atoms with Crippen molar-refractivity contribution in [3.63, 3.8) is 0 Å². The van der Waals surface area contributed by atoms with Crippen molar-refractivity contribution < 1.29 is 4.74 Å². The van der Waals surface area contributed by atoms with Crippen LogP contribution in [0.1, 0.15) is 20.3 Å². The van der Waals surface area contributed by atoms with Crippen molar-refractivity contribution in [1.29, 1.82) is 0 Å². The van der Waals surface area contributed by atoms with Crippen LogP contribution >= 0.6 is 11.8 Å². The number of rotatable bonds is 8. The van der Waals surface area contributed by atoms with Crippen molar-refractivity contribution in [1.82, 2.24) is 5.32 Å². The van der Waals surface area contributed by atoms with Gasteiger partial charge in [-0.1, -0.05) is 6.92 Å². The summed E-state index contributed by atoms with van der Waals surface area (Å²) in [5, 5.41) is 3.40. The Kier molecular flexibility index (Phi) is 9.57. The molecule has 0 amide bonds. The van der Waals surface area contributed by atoms with Crippen LogP contribution in [0.5, 0.6) is 0 Å². The van der Waals surface area contributed by atoms with Crippen LogP contribution in [-0.2, 0) is 4.74 Å². The van der Waals surface area contributed by atoms with E-state index in [4.69, 9.17) is 4.74 Å². The second-order valence-electron chi connectivity index (χ2n) is 2.86. The van der Waals surface area contributed by atoms with Gasteiger partial charge in [0.05, 0.1) is 6.61 Å². The smallest absolute Gasteiger partial charge is 0.0613 e. The minimum atomic E-state index is 0.488. The first kappa shape index (κ1) is 12.3. The van der Waals surface area contributed by atoms with Crippen molar-refractivity contribution >= 4 is 11.8 Å². The third-order valence-electron chi connectivity index (χ3n) is 1.58. The molecule has 0 saturated heterocycles. The SMILES string of the molecule is CCSCCCNC(C)COC. The highest BCUT2D eigenvalue weighted by Gasteiger charge is 1.97. The van der Waals surface area contributed by atoms with Gasteiger partial charge in [0.2, 0.25) is 0 Å². The Morgan fingerprint density at radius 1 is 1.50 bits per heavy atom. The van der Waals surface area contributed by atoms with Gasteiger partial charge >= 0.3 is 0 Å². The number of methoxy groups -OCH3 is 1. The van der Waals surface area contributed by atoms with Gasteiger partial charge in [0.25, 0.3) is 0 Å². The van der Waals surface area contributed by atoms with Crippen LogP contribution < -0.4 is 5.32 Å². The van der Waals surface area contributed by atoms with Crippen LogP contribution in [0.25, 0.3) is 0 Å². The van der Waals surface area contributed by atoms with Crippen LogP contribution in [0.3, 0.4) is 0 Å². The highest BCUT2D eigenvalue weighted by Crippen LogP contribution is 1.99. The molecule has 0 rings (SSSR count). The Balaban J connectivity index is 2.97. The Morgan fingerprint density at radius 2 is 2.25 bits per heavy atom. The normalized spacial score (nSPS) is 13.2. The fourth-order valence-electron chi connectivity index (χ4n) is 0.976. The van der Waals surface area contributed by atoms with Gasteiger partial charge in [0.15, 0.2) is 0 Å². The summed E-state index contributed by atoms with van der Waals surface area (Å²) in [6.45, 7) is 6.26. The zero-order valence-corrected chi connectivity index (χ0v) is 9.25. The molecule has 3 heteroatoms. The van der Waals surface area contributed by atoms with Gasteiger partial charge in [-0.2, -0.15) is 11.8 Å². The highest BCUT2D eigenvalue weighted by atomic mass is 32.2. The average molecular weight is 191 g/mol. The topological polar surface area (TPSA) is 21.3 Å². The number of hydrogen-bond acceptors (Lipinski definition) is 3. The molecule has 0 aliphatic rings. The zero-order valence-electron chi connectivity index (χ0n) is 8.43. The van der Waals surface area contributed by atoms with E-state index in [9.17, 15) is 0 Å². The molecule has 0 aromatic heterocycles. The largest absolute Gasteiger partial charge is 0.383 e. The number of ether oxygens (including phenoxy) is 1. The molecular formula is C9H21NOS. The lowest BCUT2D eigenvalue weighted by atomic mass is 10.3. The van der Waals surface area contributed by atoms with Crippen molar-refractivity contribution in [2.24, 2.45) is 0 Å². The van der Waals surface area contributed by atoms with Crippen molar-refractivity contribution in [2.75, 3.05) is 31.8 Å². The van der Waals surface area contributed by atoms with E-state index in [1.54, 1.807) is 7.11 Å². The van der Waals surface area contributed by atoms with E-state index in [-0.39, 0.29) is 0 Å². The van der Waals surface area contributed by atoms with E-state index in [1.165, 1.54) is 17.9 Å². The van der Waals surface area contributed by atoms with Gasteiger partial charge in [0, 0.05) is 13.2 Å². The maximum Gasteiger partial charge on any atom is 0.0613 e. The summed E-state index contributed by atoms with van der Waals surface area (Å²) >= 11 is 2.00. The summed E-state index contributed by atoms with van der Waals surface area (Å²) in [4.78, 5) is 0. The Morgan fingerprint density at radius 3 is 2.83 bits per heavy atom. The third kappa shape index (κ3) is 8.37. The maximum absolute atomic E-state index is 5.01. The number of nitrogens with one attached hydrogen (secondary N) is 1. The Bertz CT molecular complexity index is 90.6. The minimum absolute atomic E-state index is 0.488. The third-order valence-corrected chi connectivity index (χ3v) is 2.56.